The number of rotatable bonds is 5. The standard InChI is InChI=1S/C17H23F3N4O2/c18-17(19,20)2-4-26-13-7-16(8-13)5-12(6-16)15(25)24-3-1-11(10-24)14-9-21-23-22-14/h9,11-13H,1-8,10H2,(H,21,22,23)/t11-,12?,13?,16?/m0/s1. The van der Waals surface area contributed by atoms with Gasteiger partial charge in [0.1, 0.15) is 0 Å². The third kappa shape index (κ3) is 3.58. The predicted molar refractivity (Wildman–Crippen MR) is 85.1 cm³/mol. The van der Waals surface area contributed by atoms with Gasteiger partial charge in [0.25, 0.3) is 0 Å². The van der Waals surface area contributed by atoms with E-state index in [1.807, 2.05) is 4.90 Å². The third-order valence-corrected chi connectivity index (χ3v) is 6.14. The van der Waals surface area contributed by atoms with Crippen LogP contribution in [0.25, 0.3) is 0 Å². The number of nitrogens with zero attached hydrogens (tertiary/aromatic N) is 3. The number of aromatic nitrogens is 3. The number of carbonyl (C=O) groups excluding carboxylic acids is 1. The average Bonchev–Trinajstić information content (AvgIpc) is 3.15. The van der Waals surface area contributed by atoms with Crippen molar-refractivity contribution in [3.8, 4) is 0 Å². The van der Waals surface area contributed by atoms with Crippen molar-refractivity contribution >= 4 is 5.91 Å². The Kier molecular flexibility index (Phi) is 4.45. The molecule has 0 unspecified atom stereocenters. The molecule has 1 spiro atoms. The van der Waals surface area contributed by atoms with Gasteiger partial charge in [-0.05, 0) is 37.5 Å². The summed E-state index contributed by atoms with van der Waals surface area (Å²) in [5.74, 6) is 0.551. The summed E-state index contributed by atoms with van der Waals surface area (Å²) in [6.07, 6.45) is 0.781. The number of nitrogens with one attached hydrogen (secondary N) is 1. The quantitative estimate of drug-likeness (QED) is 0.863. The highest BCUT2D eigenvalue weighted by Crippen LogP contribution is 2.60. The molecule has 6 nitrogen and oxygen atoms in total. The Balaban J connectivity index is 1.17. The molecule has 1 amide bonds. The van der Waals surface area contributed by atoms with Gasteiger partial charge in [-0.3, -0.25) is 9.89 Å². The Bertz CT molecular complexity index is 635. The number of amides is 1. The van der Waals surface area contributed by atoms with Gasteiger partial charge in [0, 0.05) is 24.9 Å². The fourth-order valence-corrected chi connectivity index (χ4v) is 4.73. The van der Waals surface area contributed by atoms with Crippen LogP contribution < -0.4 is 0 Å². The molecule has 1 aromatic heterocycles. The van der Waals surface area contributed by atoms with Gasteiger partial charge in [-0.2, -0.15) is 13.2 Å². The minimum Gasteiger partial charge on any atom is -0.378 e. The van der Waals surface area contributed by atoms with Gasteiger partial charge < -0.3 is 9.64 Å². The number of ether oxygens (including phenoxy) is 1. The van der Waals surface area contributed by atoms with Crippen LogP contribution in [0, 0.1) is 11.3 Å². The maximum absolute atomic E-state index is 12.7. The van der Waals surface area contributed by atoms with E-state index in [1.54, 1.807) is 6.20 Å². The van der Waals surface area contributed by atoms with Crippen molar-refractivity contribution in [3.63, 3.8) is 0 Å². The first kappa shape index (κ1) is 17.8. The number of aromatic amines is 1. The smallest absolute Gasteiger partial charge is 0.378 e. The molecular weight excluding hydrogens is 349 g/mol. The van der Waals surface area contributed by atoms with E-state index in [0.717, 1.165) is 44.3 Å². The molecule has 1 aromatic rings. The lowest BCUT2D eigenvalue weighted by molar-refractivity contribution is -0.180. The summed E-state index contributed by atoms with van der Waals surface area (Å²) < 4.78 is 41.7. The van der Waals surface area contributed by atoms with Gasteiger partial charge in [-0.15, -0.1) is 5.10 Å². The second-order valence-corrected chi connectivity index (χ2v) is 8.05. The van der Waals surface area contributed by atoms with Crippen molar-refractivity contribution in [2.75, 3.05) is 19.7 Å². The minimum absolute atomic E-state index is 0.0600. The van der Waals surface area contributed by atoms with Crippen molar-refractivity contribution in [2.24, 2.45) is 11.3 Å². The largest absolute Gasteiger partial charge is 0.391 e. The van der Waals surface area contributed by atoms with E-state index >= 15 is 0 Å². The number of hydrogen-bond donors (Lipinski definition) is 1. The molecule has 2 aliphatic carbocycles. The second kappa shape index (κ2) is 6.51. The zero-order valence-electron chi connectivity index (χ0n) is 14.5. The van der Waals surface area contributed by atoms with E-state index in [1.165, 1.54) is 0 Å². The summed E-state index contributed by atoms with van der Waals surface area (Å²) in [6.45, 7) is 1.20. The molecule has 1 aliphatic heterocycles. The molecule has 26 heavy (non-hydrogen) atoms. The first-order chi connectivity index (χ1) is 12.3. The average molecular weight is 372 g/mol. The Hall–Kier alpha value is -1.64. The van der Waals surface area contributed by atoms with E-state index in [9.17, 15) is 18.0 Å². The molecule has 2 heterocycles. The van der Waals surface area contributed by atoms with Crippen LogP contribution in [0.5, 0.6) is 0 Å². The van der Waals surface area contributed by atoms with Crippen molar-refractivity contribution in [2.45, 2.75) is 56.7 Å². The summed E-state index contributed by atoms with van der Waals surface area (Å²) >= 11 is 0. The summed E-state index contributed by atoms with van der Waals surface area (Å²) in [5, 5.41) is 10.4. The highest BCUT2D eigenvalue weighted by molar-refractivity contribution is 5.80. The molecule has 0 bridgehead atoms. The Morgan fingerprint density at radius 3 is 2.77 bits per heavy atom. The van der Waals surface area contributed by atoms with Crippen LogP contribution in [0.15, 0.2) is 6.20 Å². The number of likely N-dealkylation sites (tertiary alicyclic amines) is 1. The lowest BCUT2D eigenvalue weighted by Crippen LogP contribution is -2.54. The van der Waals surface area contributed by atoms with Crippen molar-refractivity contribution in [1.29, 1.82) is 0 Å². The normalized spacial score (nSPS) is 34.0. The van der Waals surface area contributed by atoms with Gasteiger partial charge >= 0.3 is 6.18 Å². The van der Waals surface area contributed by atoms with Gasteiger partial charge in [-0.1, -0.05) is 5.21 Å². The lowest BCUT2D eigenvalue weighted by atomic mass is 9.50. The van der Waals surface area contributed by atoms with Gasteiger partial charge in [0.15, 0.2) is 0 Å². The second-order valence-electron chi connectivity index (χ2n) is 8.05. The molecule has 144 valence electrons. The van der Waals surface area contributed by atoms with Crippen LogP contribution >= 0.6 is 0 Å². The van der Waals surface area contributed by atoms with E-state index in [4.69, 9.17) is 4.74 Å². The molecule has 0 radical (unpaired) electrons. The van der Waals surface area contributed by atoms with Crippen LogP contribution in [-0.4, -0.2) is 58.2 Å². The topological polar surface area (TPSA) is 71.1 Å². The molecule has 0 aromatic carbocycles. The van der Waals surface area contributed by atoms with Gasteiger partial charge in [0.05, 0.1) is 31.0 Å². The summed E-state index contributed by atoms with van der Waals surface area (Å²) in [4.78, 5) is 14.6. The molecule has 1 atom stereocenters. The first-order valence-electron chi connectivity index (χ1n) is 9.17. The molecule has 9 heteroatoms. The van der Waals surface area contributed by atoms with Gasteiger partial charge in [0.2, 0.25) is 5.91 Å². The lowest BCUT2D eigenvalue weighted by Gasteiger charge is -2.57. The SMILES string of the molecule is O=C(C1CC2(CC(OCCC(F)(F)F)C2)C1)N1CC[C@H](c2cnn[nH]2)C1. The first-order valence-corrected chi connectivity index (χ1v) is 9.17. The highest BCUT2D eigenvalue weighted by atomic mass is 19.4. The summed E-state index contributed by atoms with van der Waals surface area (Å²) in [5.41, 5.74) is 1.11. The van der Waals surface area contributed by atoms with E-state index in [2.05, 4.69) is 15.4 Å². The monoisotopic (exact) mass is 372 g/mol. The van der Waals surface area contributed by atoms with Crippen LogP contribution in [0.3, 0.4) is 0 Å². The molecule has 3 aliphatic rings. The van der Waals surface area contributed by atoms with Crippen molar-refractivity contribution in [1.82, 2.24) is 20.3 Å². The Morgan fingerprint density at radius 1 is 1.35 bits per heavy atom. The number of carbonyl (C=O) groups is 1. The number of hydrogen-bond acceptors (Lipinski definition) is 4. The molecular formula is C17H23F3N4O2. The maximum atomic E-state index is 12.7. The van der Waals surface area contributed by atoms with Crippen molar-refractivity contribution in [3.05, 3.63) is 11.9 Å². The zero-order valence-corrected chi connectivity index (χ0v) is 14.5. The highest BCUT2D eigenvalue weighted by Gasteiger charge is 2.56. The molecule has 4 rings (SSSR count). The summed E-state index contributed by atoms with van der Waals surface area (Å²) in [6, 6.07) is 0. The Morgan fingerprint density at radius 2 is 2.12 bits per heavy atom. The molecule has 2 saturated carbocycles. The minimum atomic E-state index is -4.16. The Labute approximate surface area is 149 Å². The number of halogens is 3. The predicted octanol–water partition coefficient (Wildman–Crippen LogP) is 2.65. The van der Waals surface area contributed by atoms with E-state index in [-0.39, 0.29) is 35.9 Å². The van der Waals surface area contributed by atoms with Crippen LogP contribution in [0.4, 0.5) is 13.2 Å². The zero-order chi connectivity index (χ0) is 18.4. The van der Waals surface area contributed by atoms with Crippen LogP contribution in [-0.2, 0) is 9.53 Å². The fourth-order valence-electron chi connectivity index (χ4n) is 4.73. The van der Waals surface area contributed by atoms with E-state index < -0.39 is 12.6 Å². The van der Waals surface area contributed by atoms with Crippen molar-refractivity contribution < 1.29 is 22.7 Å². The summed E-state index contributed by atoms with van der Waals surface area (Å²) in [7, 11) is 0. The van der Waals surface area contributed by atoms with Crippen LogP contribution in [0.2, 0.25) is 0 Å². The maximum Gasteiger partial charge on any atom is 0.391 e. The van der Waals surface area contributed by atoms with E-state index in [0.29, 0.717) is 6.54 Å². The molecule has 1 N–H and O–H groups in total. The third-order valence-electron chi connectivity index (χ3n) is 6.14. The molecule has 3 fully saturated rings. The fraction of sp³-hybridized carbons (Fsp3) is 0.824. The number of alkyl halides is 3. The van der Waals surface area contributed by atoms with Crippen LogP contribution in [0.1, 0.15) is 50.1 Å². The van der Waals surface area contributed by atoms with Gasteiger partial charge in [-0.25, -0.2) is 0 Å². The molecule has 1 saturated heterocycles. The number of H-pyrrole nitrogens is 1.